The summed E-state index contributed by atoms with van der Waals surface area (Å²) in [6, 6.07) is 3.63. The van der Waals surface area contributed by atoms with E-state index in [0.29, 0.717) is 11.2 Å². The van der Waals surface area contributed by atoms with E-state index < -0.39 is 7.94 Å². The molecule has 0 amide bonds. The van der Waals surface area contributed by atoms with E-state index in [4.69, 9.17) is 4.62 Å². The molecule has 8 nitrogen and oxygen atoms in total. The zero-order valence-electron chi connectivity index (χ0n) is 9.88. The summed E-state index contributed by atoms with van der Waals surface area (Å²) in [4.78, 5) is 5.49. The van der Waals surface area contributed by atoms with Gasteiger partial charge in [-0.1, -0.05) is 0 Å². The Labute approximate surface area is 99.3 Å². The molecule has 0 radical (unpaired) electrons. The Balaban J connectivity index is 2.34. The third kappa shape index (κ3) is 2.20. The Bertz CT molecular complexity index is 489. The lowest BCUT2D eigenvalue weighted by Crippen LogP contribution is -2.39. The standard InChI is InChI=1S/C8H15N7OP/c1-9-17(10-2,11-3)16-15-8-7(13-14-15)5-4-6-12-8/h4-6,9-11H,1-3H3/q+1. The van der Waals surface area contributed by atoms with Gasteiger partial charge in [0.05, 0.1) is 0 Å². The highest BCUT2D eigenvalue weighted by molar-refractivity contribution is 7.65. The maximum absolute atomic E-state index is 5.76. The van der Waals surface area contributed by atoms with Crippen LogP contribution in [0.3, 0.4) is 0 Å². The van der Waals surface area contributed by atoms with E-state index in [2.05, 4.69) is 30.6 Å². The summed E-state index contributed by atoms with van der Waals surface area (Å²) in [5, 5.41) is 17.1. The fourth-order valence-corrected chi connectivity index (χ4v) is 2.63. The lowest BCUT2D eigenvalue weighted by Gasteiger charge is -2.19. The predicted molar refractivity (Wildman–Crippen MR) is 66.0 cm³/mol. The molecule has 0 aromatic carbocycles. The van der Waals surface area contributed by atoms with Crippen LogP contribution in [0, 0.1) is 0 Å². The number of pyridine rings is 1. The van der Waals surface area contributed by atoms with Gasteiger partial charge in [-0.25, -0.2) is 4.98 Å². The SMILES string of the molecule is CN[P+](NC)(NC)On1nnc2cccnc21. The molecule has 92 valence electrons. The van der Waals surface area contributed by atoms with E-state index in [1.54, 1.807) is 33.4 Å². The van der Waals surface area contributed by atoms with Crippen molar-refractivity contribution in [2.45, 2.75) is 0 Å². The van der Waals surface area contributed by atoms with Crippen molar-refractivity contribution in [3.05, 3.63) is 18.3 Å². The third-order valence-electron chi connectivity index (χ3n) is 2.33. The molecule has 0 saturated heterocycles. The van der Waals surface area contributed by atoms with Crippen LogP contribution in [0.15, 0.2) is 18.3 Å². The molecular weight excluding hydrogens is 241 g/mol. The molecular formula is C8H15N7OP+. The number of hydrogen-bond donors (Lipinski definition) is 3. The van der Waals surface area contributed by atoms with Crippen molar-refractivity contribution >= 4 is 19.1 Å². The van der Waals surface area contributed by atoms with Crippen LogP contribution >= 0.6 is 7.94 Å². The van der Waals surface area contributed by atoms with Crippen molar-refractivity contribution in [1.82, 2.24) is 35.4 Å². The Morgan fingerprint density at radius 3 is 2.59 bits per heavy atom. The summed E-state index contributed by atoms with van der Waals surface area (Å²) in [6.45, 7) is 0. The van der Waals surface area contributed by atoms with E-state index in [1.807, 2.05) is 6.07 Å². The van der Waals surface area contributed by atoms with Crippen molar-refractivity contribution in [3.8, 4) is 0 Å². The van der Waals surface area contributed by atoms with Gasteiger partial charge in [0.25, 0.3) is 0 Å². The highest BCUT2D eigenvalue weighted by atomic mass is 31.2. The van der Waals surface area contributed by atoms with E-state index >= 15 is 0 Å². The predicted octanol–water partition coefficient (Wildman–Crippen LogP) is -0.409. The second-order valence-corrected chi connectivity index (χ2v) is 5.89. The largest absolute Gasteiger partial charge is 0.442 e. The second-order valence-electron chi connectivity index (χ2n) is 3.17. The minimum atomic E-state index is -2.16. The monoisotopic (exact) mass is 256 g/mol. The van der Waals surface area contributed by atoms with Crippen LogP contribution < -0.4 is 19.9 Å². The van der Waals surface area contributed by atoms with Crippen molar-refractivity contribution in [1.29, 1.82) is 0 Å². The van der Waals surface area contributed by atoms with Crippen molar-refractivity contribution < 1.29 is 4.62 Å². The summed E-state index contributed by atoms with van der Waals surface area (Å²) in [7, 11) is 3.24. The fourth-order valence-electron chi connectivity index (χ4n) is 1.37. The summed E-state index contributed by atoms with van der Waals surface area (Å²) in [6.07, 6.45) is 1.67. The van der Waals surface area contributed by atoms with Gasteiger partial charge in [-0.2, -0.15) is 4.62 Å². The van der Waals surface area contributed by atoms with Gasteiger partial charge in [-0.15, -0.1) is 20.4 Å². The average Bonchev–Trinajstić information content (AvgIpc) is 2.79. The van der Waals surface area contributed by atoms with Crippen LogP contribution in [0.4, 0.5) is 0 Å². The Morgan fingerprint density at radius 2 is 1.94 bits per heavy atom. The molecule has 0 spiro atoms. The van der Waals surface area contributed by atoms with E-state index in [-0.39, 0.29) is 0 Å². The summed E-state index contributed by atoms with van der Waals surface area (Å²) in [5.74, 6) is 0. The fraction of sp³-hybridized carbons (Fsp3) is 0.375. The van der Waals surface area contributed by atoms with Gasteiger partial charge in [-0.05, 0) is 22.2 Å². The van der Waals surface area contributed by atoms with Gasteiger partial charge >= 0.3 is 7.94 Å². The Kier molecular flexibility index (Phi) is 3.49. The number of nitrogens with zero attached hydrogens (tertiary/aromatic N) is 4. The maximum Gasteiger partial charge on any atom is 0.442 e. The van der Waals surface area contributed by atoms with Crippen LogP contribution in [-0.2, 0) is 0 Å². The zero-order valence-corrected chi connectivity index (χ0v) is 10.8. The highest BCUT2D eigenvalue weighted by Gasteiger charge is 2.40. The van der Waals surface area contributed by atoms with Crippen molar-refractivity contribution in [2.75, 3.05) is 21.1 Å². The first kappa shape index (κ1) is 12.1. The van der Waals surface area contributed by atoms with Crippen molar-refractivity contribution in [2.24, 2.45) is 0 Å². The minimum Gasteiger partial charge on any atom is -0.232 e. The number of rotatable bonds is 5. The summed E-state index contributed by atoms with van der Waals surface area (Å²) >= 11 is 0. The van der Waals surface area contributed by atoms with Crippen LogP contribution in [0.25, 0.3) is 11.2 Å². The van der Waals surface area contributed by atoms with Gasteiger partial charge in [0.15, 0.2) is 0 Å². The number of aromatic nitrogens is 4. The van der Waals surface area contributed by atoms with Gasteiger partial charge in [0, 0.05) is 27.3 Å². The van der Waals surface area contributed by atoms with E-state index in [1.165, 1.54) is 4.85 Å². The van der Waals surface area contributed by atoms with Crippen molar-refractivity contribution in [3.63, 3.8) is 0 Å². The maximum atomic E-state index is 5.76. The molecule has 2 rings (SSSR count). The van der Waals surface area contributed by atoms with Gasteiger partial charge in [0.1, 0.15) is 5.52 Å². The van der Waals surface area contributed by atoms with E-state index in [0.717, 1.165) is 0 Å². The summed E-state index contributed by atoms with van der Waals surface area (Å²) < 4.78 is 5.76. The minimum absolute atomic E-state index is 0.581. The van der Waals surface area contributed by atoms with Crippen LogP contribution in [0.5, 0.6) is 0 Å². The quantitative estimate of drug-likeness (QED) is 0.627. The number of nitrogens with one attached hydrogen (secondary N) is 3. The van der Waals surface area contributed by atoms with Crippen LogP contribution in [0.1, 0.15) is 0 Å². The second kappa shape index (κ2) is 4.89. The Hall–Kier alpha value is -1.34. The summed E-state index contributed by atoms with van der Waals surface area (Å²) in [5.41, 5.74) is 1.27. The highest BCUT2D eigenvalue weighted by Crippen LogP contribution is 2.40. The third-order valence-corrected chi connectivity index (χ3v) is 4.61. The molecule has 2 aromatic heterocycles. The molecule has 0 fully saturated rings. The molecule has 0 saturated carbocycles. The van der Waals surface area contributed by atoms with Crippen LogP contribution in [0.2, 0.25) is 0 Å². The number of hydrogen-bond acceptors (Lipinski definition) is 7. The van der Waals surface area contributed by atoms with Crippen LogP contribution in [-0.4, -0.2) is 41.3 Å². The average molecular weight is 256 g/mol. The van der Waals surface area contributed by atoms with E-state index in [9.17, 15) is 0 Å². The first-order valence-corrected chi connectivity index (χ1v) is 6.78. The Morgan fingerprint density at radius 1 is 1.24 bits per heavy atom. The number of fused-ring (bicyclic) bond motifs is 1. The lowest BCUT2D eigenvalue weighted by molar-refractivity contribution is 0.242. The molecule has 0 bridgehead atoms. The smallest absolute Gasteiger partial charge is 0.232 e. The molecule has 0 aliphatic heterocycles. The molecule has 2 heterocycles. The first-order chi connectivity index (χ1) is 8.24. The molecule has 0 aliphatic carbocycles. The molecule has 2 aromatic rings. The molecule has 0 aliphatic rings. The van der Waals surface area contributed by atoms with Gasteiger partial charge in [-0.3, -0.25) is 0 Å². The molecule has 0 unspecified atom stereocenters. The molecule has 17 heavy (non-hydrogen) atoms. The molecule has 3 N–H and O–H groups in total. The lowest BCUT2D eigenvalue weighted by atomic mass is 10.4. The molecule has 0 atom stereocenters. The zero-order chi connectivity index (χ0) is 12.3. The van der Waals surface area contributed by atoms with Gasteiger partial charge in [0.2, 0.25) is 5.65 Å². The first-order valence-electron chi connectivity index (χ1n) is 5.07. The van der Waals surface area contributed by atoms with Gasteiger partial charge < -0.3 is 0 Å². The molecule has 9 heteroatoms. The topological polar surface area (TPSA) is 88.9 Å². The normalized spacial score (nSPS) is 11.9.